The molecule has 3 rings (SSSR count). The lowest BCUT2D eigenvalue weighted by molar-refractivity contribution is 0.0932. The number of urea groups is 1. The Bertz CT molecular complexity index is 628. The Morgan fingerprint density at radius 3 is 2.40 bits per heavy atom. The number of fused-ring (bicyclic) bond motifs is 1. The molecular formula is C18H26N2O5. The number of β-amino-alcohol motifs (C(OH)–C–C–N with tert-alkyl or cyclic N) is 1. The average Bonchev–Trinajstić information content (AvgIpc) is 2.62. The molecule has 1 saturated carbocycles. The van der Waals surface area contributed by atoms with Crippen molar-refractivity contribution in [1.82, 2.24) is 10.2 Å². The zero-order chi connectivity index (χ0) is 18.0. The number of rotatable bonds is 3. The second-order valence-electron chi connectivity index (χ2n) is 6.71. The summed E-state index contributed by atoms with van der Waals surface area (Å²) in [5, 5.41) is 23.2. The fourth-order valence-corrected chi connectivity index (χ4v) is 3.72. The maximum Gasteiger partial charge on any atom is 0.318 e. The molecule has 7 heteroatoms. The van der Waals surface area contributed by atoms with Gasteiger partial charge in [-0.25, -0.2) is 4.79 Å². The first-order chi connectivity index (χ1) is 12.0. The van der Waals surface area contributed by atoms with E-state index in [0.717, 1.165) is 18.4 Å². The van der Waals surface area contributed by atoms with E-state index in [2.05, 4.69) is 5.32 Å². The fraction of sp³-hybridized carbons (Fsp3) is 0.611. The number of aliphatic hydroxyl groups is 2. The van der Waals surface area contributed by atoms with Crippen LogP contribution in [-0.4, -0.2) is 54.1 Å². The van der Waals surface area contributed by atoms with Crippen molar-refractivity contribution in [3.63, 3.8) is 0 Å². The van der Waals surface area contributed by atoms with E-state index in [4.69, 9.17) is 9.47 Å². The minimum absolute atomic E-state index is 0.0710. The highest BCUT2D eigenvalue weighted by molar-refractivity contribution is 5.75. The molecule has 0 radical (unpaired) electrons. The Hall–Kier alpha value is -1.99. The summed E-state index contributed by atoms with van der Waals surface area (Å²) in [5.41, 5.74) is 1.46. The van der Waals surface area contributed by atoms with E-state index in [0.29, 0.717) is 36.4 Å². The van der Waals surface area contributed by atoms with Gasteiger partial charge in [-0.2, -0.15) is 0 Å². The van der Waals surface area contributed by atoms with Crippen molar-refractivity contribution in [1.29, 1.82) is 0 Å². The van der Waals surface area contributed by atoms with Gasteiger partial charge < -0.3 is 29.9 Å². The van der Waals surface area contributed by atoms with E-state index in [1.165, 1.54) is 0 Å². The fourth-order valence-electron chi connectivity index (χ4n) is 3.72. The van der Waals surface area contributed by atoms with Crippen molar-refractivity contribution in [3.05, 3.63) is 23.3 Å². The summed E-state index contributed by atoms with van der Waals surface area (Å²) in [6.07, 6.45) is 1.89. The number of hydrogen-bond donors (Lipinski definition) is 3. The normalized spacial score (nSPS) is 25.9. The van der Waals surface area contributed by atoms with Crippen LogP contribution in [0.2, 0.25) is 0 Å². The number of hydrogen-bond acceptors (Lipinski definition) is 5. The number of nitrogens with one attached hydrogen (secondary N) is 1. The number of methoxy groups -OCH3 is 2. The third-order valence-corrected chi connectivity index (χ3v) is 5.10. The number of aliphatic hydroxyl groups excluding tert-OH is 2. The second kappa shape index (κ2) is 7.49. The summed E-state index contributed by atoms with van der Waals surface area (Å²) in [5.74, 6) is 1.23. The van der Waals surface area contributed by atoms with Crippen LogP contribution in [0.5, 0.6) is 11.5 Å². The predicted octanol–water partition coefficient (Wildman–Crippen LogP) is 1.57. The van der Waals surface area contributed by atoms with E-state index >= 15 is 0 Å². The van der Waals surface area contributed by atoms with Crippen LogP contribution in [0.25, 0.3) is 0 Å². The number of carbonyl (C=O) groups is 1. The molecule has 1 heterocycles. The standard InChI is InChI=1S/C18H26N2O5/c1-24-15-7-8-16(25-2)17-13(15)9-20(10-14(17)22)18(23)19-11-3-5-12(21)6-4-11/h7-8,11-12,14,21-22H,3-6,9-10H2,1-2H3,(H,19,23). The third-order valence-electron chi connectivity index (χ3n) is 5.10. The van der Waals surface area contributed by atoms with Gasteiger partial charge in [0.15, 0.2) is 0 Å². The number of ether oxygens (including phenoxy) is 2. The minimum Gasteiger partial charge on any atom is -0.496 e. The lowest BCUT2D eigenvalue weighted by Gasteiger charge is -2.35. The van der Waals surface area contributed by atoms with E-state index in [-0.39, 0.29) is 24.7 Å². The van der Waals surface area contributed by atoms with Crippen LogP contribution < -0.4 is 14.8 Å². The van der Waals surface area contributed by atoms with Gasteiger partial charge in [-0.1, -0.05) is 0 Å². The maximum atomic E-state index is 12.6. The zero-order valence-corrected chi connectivity index (χ0v) is 14.7. The Morgan fingerprint density at radius 1 is 1.12 bits per heavy atom. The molecule has 0 aromatic heterocycles. The molecule has 138 valence electrons. The van der Waals surface area contributed by atoms with Crippen LogP contribution in [0, 0.1) is 0 Å². The minimum atomic E-state index is -0.826. The maximum absolute atomic E-state index is 12.6. The van der Waals surface area contributed by atoms with Crippen LogP contribution in [0.3, 0.4) is 0 Å². The second-order valence-corrected chi connectivity index (χ2v) is 6.71. The van der Waals surface area contributed by atoms with Crippen molar-refractivity contribution in [2.45, 2.75) is 50.5 Å². The smallest absolute Gasteiger partial charge is 0.318 e. The van der Waals surface area contributed by atoms with Crippen molar-refractivity contribution in [3.8, 4) is 11.5 Å². The number of benzene rings is 1. The molecule has 2 aliphatic rings. The van der Waals surface area contributed by atoms with Gasteiger partial charge in [0.1, 0.15) is 17.6 Å². The Morgan fingerprint density at radius 2 is 1.76 bits per heavy atom. The Labute approximate surface area is 147 Å². The SMILES string of the molecule is COc1ccc(OC)c2c1CN(C(=O)NC1CCC(O)CC1)CC2O. The van der Waals surface area contributed by atoms with Crippen LogP contribution in [0.15, 0.2) is 12.1 Å². The van der Waals surface area contributed by atoms with Crippen LogP contribution >= 0.6 is 0 Å². The first kappa shape index (κ1) is 17.8. The summed E-state index contributed by atoms with van der Waals surface area (Å²) < 4.78 is 10.7. The van der Waals surface area contributed by atoms with Gasteiger partial charge in [0.25, 0.3) is 0 Å². The molecule has 1 fully saturated rings. The topological polar surface area (TPSA) is 91.3 Å². The highest BCUT2D eigenvalue weighted by atomic mass is 16.5. The van der Waals surface area contributed by atoms with Gasteiger partial charge in [-0.15, -0.1) is 0 Å². The summed E-state index contributed by atoms with van der Waals surface area (Å²) in [6, 6.07) is 3.43. The summed E-state index contributed by atoms with van der Waals surface area (Å²) >= 11 is 0. The molecule has 1 unspecified atom stereocenters. The monoisotopic (exact) mass is 350 g/mol. The van der Waals surface area contributed by atoms with Crippen LogP contribution in [0.1, 0.15) is 42.9 Å². The molecular weight excluding hydrogens is 324 g/mol. The number of carbonyl (C=O) groups excluding carboxylic acids is 1. The van der Waals surface area contributed by atoms with Crippen molar-refractivity contribution in [2.24, 2.45) is 0 Å². The lowest BCUT2D eigenvalue weighted by atomic mass is 9.93. The van der Waals surface area contributed by atoms with Gasteiger partial charge in [0, 0.05) is 17.2 Å². The summed E-state index contributed by atoms with van der Waals surface area (Å²) in [6.45, 7) is 0.561. The number of amides is 2. The molecule has 1 atom stereocenters. The molecule has 1 aliphatic heterocycles. The molecule has 3 N–H and O–H groups in total. The van der Waals surface area contributed by atoms with Crippen LogP contribution in [0.4, 0.5) is 4.79 Å². The van der Waals surface area contributed by atoms with Gasteiger partial charge in [-0.3, -0.25) is 0 Å². The van der Waals surface area contributed by atoms with E-state index in [1.54, 1.807) is 31.3 Å². The van der Waals surface area contributed by atoms with E-state index in [1.807, 2.05) is 0 Å². The molecule has 0 bridgehead atoms. The molecule has 2 amide bonds. The molecule has 25 heavy (non-hydrogen) atoms. The summed E-state index contributed by atoms with van der Waals surface area (Å²) in [7, 11) is 3.13. The quantitative estimate of drug-likeness (QED) is 0.770. The third kappa shape index (κ3) is 3.67. The van der Waals surface area contributed by atoms with Crippen molar-refractivity contribution in [2.75, 3.05) is 20.8 Å². The Balaban J connectivity index is 1.75. The first-order valence-corrected chi connectivity index (χ1v) is 8.68. The van der Waals surface area contributed by atoms with Gasteiger partial charge in [-0.05, 0) is 37.8 Å². The van der Waals surface area contributed by atoms with Gasteiger partial charge in [0.05, 0.1) is 33.4 Å². The van der Waals surface area contributed by atoms with E-state index in [9.17, 15) is 15.0 Å². The van der Waals surface area contributed by atoms with Crippen LogP contribution in [-0.2, 0) is 6.54 Å². The van der Waals surface area contributed by atoms with Crippen molar-refractivity contribution < 1.29 is 24.5 Å². The first-order valence-electron chi connectivity index (χ1n) is 8.68. The molecule has 1 aliphatic carbocycles. The van der Waals surface area contributed by atoms with E-state index < -0.39 is 6.10 Å². The highest BCUT2D eigenvalue weighted by Crippen LogP contribution is 2.39. The number of nitrogens with zero attached hydrogens (tertiary/aromatic N) is 1. The molecule has 1 aromatic rings. The van der Waals surface area contributed by atoms with Gasteiger partial charge >= 0.3 is 6.03 Å². The largest absolute Gasteiger partial charge is 0.496 e. The Kier molecular flexibility index (Phi) is 5.34. The average molecular weight is 350 g/mol. The zero-order valence-electron chi connectivity index (χ0n) is 14.7. The molecule has 1 aromatic carbocycles. The van der Waals surface area contributed by atoms with Gasteiger partial charge in [0.2, 0.25) is 0 Å². The molecule has 7 nitrogen and oxygen atoms in total. The lowest BCUT2D eigenvalue weighted by Crippen LogP contribution is -2.48. The van der Waals surface area contributed by atoms with Crippen molar-refractivity contribution >= 4 is 6.03 Å². The predicted molar refractivity (Wildman–Crippen MR) is 91.7 cm³/mol. The molecule has 0 spiro atoms. The molecule has 0 saturated heterocycles. The highest BCUT2D eigenvalue weighted by Gasteiger charge is 2.33. The summed E-state index contributed by atoms with van der Waals surface area (Å²) in [4.78, 5) is 14.2.